The van der Waals surface area contributed by atoms with Crippen LogP contribution in [0.4, 0.5) is 5.82 Å². The highest BCUT2D eigenvalue weighted by atomic mass is 32.1. The van der Waals surface area contributed by atoms with E-state index in [1.54, 1.807) is 17.7 Å². The molecule has 1 N–H and O–H groups in total. The van der Waals surface area contributed by atoms with Gasteiger partial charge in [0.1, 0.15) is 12.1 Å². The van der Waals surface area contributed by atoms with Crippen LogP contribution in [0, 0.1) is 0 Å². The van der Waals surface area contributed by atoms with Gasteiger partial charge in [-0.3, -0.25) is 0 Å². The fraction of sp³-hybridized carbons (Fsp3) is 0.538. The first-order valence-electron chi connectivity index (χ1n) is 6.31. The van der Waals surface area contributed by atoms with E-state index in [1.165, 1.54) is 0 Å². The summed E-state index contributed by atoms with van der Waals surface area (Å²) >= 11 is 1.67. The molecule has 0 fully saturated rings. The van der Waals surface area contributed by atoms with Gasteiger partial charge < -0.3 is 10.1 Å². The Balaban J connectivity index is 1.75. The van der Waals surface area contributed by atoms with Crippen LogP contribution >= 0.6 is 11.3 Å². The summed E-state index contributed by atoms with van der Waals surface area (Å²) in [5.74, 6) is 0.944. The Hall–Kier alpha value is -1.20. The van der Waals surface area contributed by atoms with E-state index in [0.717, 1.165) is 42.0 Å². The summed E-state index contributed by atoms with van der Waals surface area (Å²) in [6.07, 6.45) is 4.10. The maximum Gasteiger partial charge on any atom is 0.147 e. The van der Waals surface area contributed by atoms with E-state index in [4.69, 9.17) is 4.74 Å². The number of nitrogens with zero attached hydrogens (tertiary/aromatic N) is 2. The Labute approximate surface area is 111 Å². The second kappa shape index (κ2) is 6.66. The van der Waals surface area contributed by atoms with Gasteiger partial charge in [-0.1, -0.05) is 0 Å². The number of hydrogen-bond acceptors (Lipinski definition) is 5. The van der Waals surface area contributed by atoms with Crippen molar-refractivity contribution in [1.82, 2.24) is 9.97 Å². The molecule has 4 nitrogen and oxygen atoms in total. The van der Waals surface area contributed by atoms with Crippen molar-refractivity contribution in [2.75, 3.05) is 18.5 Å². The van der Waals surface area contributed by atoms with Crippen LogP contribution in [0.15, 0.2) is 17.8 Å². The SMILES string of the molecule is CC(C)OCCCCNc1ncnc2ccsc12. The Morgan fingerprint density at radius 3 is 3.06 bits per heavy atom. The Kier molecular flexibility index (Phi) is 4.90. The zero-order chi connectivity index (χ0) is 12.8. The lowest BCUT2D eigenvalue weighted by atomic mass is 10.3. The number of hydrogen-bond donors (Lipinski definition) is 1. The molecular weight excluding hydrogens is 246 g/mol. The molecule has 2 aromatic rings. The molecular formula is C13H19N3OS. The average Bonchev–Trinajstić information content (AvgIpc) is 2.82. The normalized spacial score (nSPS) is 11.3. The zero-order valence-electron chi connectivity index (χ0n) is 10.8. The zero-order valence-corrected chi connectivity index (χ0v) is 11.7. The molecule has 2 rings (SSSR count). The van der Waals surface area contributed by atoms with E-state index in [1.807, 2.05) is 11.4 Å². The lowest BCUT2D eigenvalue weighted by Crippen LogP contribution is -2.07. The van der Waals surface area contributed by atoms with Gasteiger partial charge in [0.15, 0.2) is 0 Å². The number of rotatable bonds is 7. The van der Waals surface area contributed by atoms with Crippen LogP contribution in [0.3, 0.4) is 0 Å². The molecule has 0 aliphatic rings. The van der Waals surface area contributed by atoms with Crippen LogP contribution in [-0.4, -0.2) is 29.2 Å². The molecule has 0 aliphatic heterocycles. The van der Waals surface area contributed by atoms with Gasteiger partial charge in [-0.25, -0.2) is 9.97 Å². The summed E-state index contributed by atoms with van der Waals surface area (Å²) in [7, 11) is 0. The van der Waals surface area contributed by atoms with Crippen molar-refractivity contribution in [2.45, 2.75) is 32.8 Å². The van der Waals surface area contributed by atoms with Crippen molar-refractivity contribution in [2.24, 2.45) is 0 Å². The van der Waals surface area contributed by atoms with E-state index in [-0.39, 0.29) is 0 Å². The predicted octanol–water partition coefficient (Wildman–Crippen LogP) is 3.31. The van der Waals surface area contributed by atoms with Crippen molar-refractivity contribution in [3.05, 3.63) is 17.8 Å². The highest BCUT2D eigenvalue weighted by molar-refractivity contribution is 7.17. The second-order valence-electron chi connectivity index (χ2n) is 4.41. The molecule has 0 amide bonds. The first-order chi connectivity index (χ1) is 8.77. The fourth-order valence-electron chi connectivity index (χ4n) is 1.67. The molecule has 0 aromatic carbocycles. The third-order valence-corrected chi connectivity index (χ3v) is 3.47. The number of aromatic nitrogens is 2. The Morgan fingerprint density at radius 1 is 1.33 bits per heavy atom. The Morgan fingerprint density at radius 2 is 2.22 bits per heavy atom. The van der Waals surface area contributed by atoms with Gasteiger partial charge in [0.2, 0.25) is 0 Å². The monoisotopic (exact) mass is 265 g/mol. The van der Waals surface area contributed by atoms with Crippen molar-refractivity contribution in [1.29, 1.82) is 0 Å². The van der Waals surface area contributed by atoms with E-state index in [0.29, 0.717) is 6.10 Å². The number of nitrogens with one attached hydrogen (secondary N) is 1. The maximum absolute atomic E-state index is 5.50. The van der Waals surface area contributed by atoms with Crippen molar-refractivity contribution < 1.29 is 4.74 Å². The minimum absolute atomic E-state index is 0.325. The summed E-state index contributed by atoms with van der Waals surface area (Å²) in [5.41, 5.74) is 1.01. The van der Waals surface area contributed by atoms with Crippen molar-refractivity contribution in [3.63, 3.8) is 0 Å². The topological polar surface area (TPSA) is 47.0 Å². The third-order valence-electron chi connectivity index (χ3n) is 2.56. The van der Waals surface area contributed by atoms with Crippen LogP contribution in [0.25, 0.3) is 10.2 Å². The van der Waals surface area contributed by atoms with Crippen molar-refractivity contribution in [3.8, 4) is 0 Å². The van der Waals surface area contributed by atoms with E-state index in [2.05, 4.69) is 29.1 Å². The third kappa shape index (κ3) is 3.65. The summed E-state index contributed by atoms with van der Waals surface area (Å²) in [5, 5.41) is 5.41. The van der Waals surface area contributed by atoms with Gasteiger partial charge in [-0.2, -0.15) is 0 Å². The molecule has 0 saturated carbocycles. The van der Waals surface area contributed by atoms with E-state index in [9.17, 15) is 0 Å². The first kappa shape index (κ1) is 13.2. The molecule has 0 bridgehead atoms. The highest BCUT2D eigenvalue weighted by Gasteiger charge is 2.03. The van der Waals surface area contributed by atoms with Crippen LogP contribution in [-0.2, 0) is 4.74 Å². The Bertz CT molecular complexity index is 484. The minimum atomic E-state index is 0.325. The largest absolute Gasteiger partial charge is 0.379 e. The lowest BCUT2D eigenvalue weighted by molar-refractivity contribution is 0.0765. The summed E-state index contributed by atoms with van der Waals surface area (Å²) in [6.45, 7) is 5.88. The molecule has 0 atom stereocenters. The highest BCUT2D eigenvalue weighted by Crippen LogP contribution is 2.24. The van der Waals surface area contributed by atoms with Gasteiger partial charge in [-0.05, 0) is 38.1 Å². The van der Waals surface area contributed by atoms with Gasteiger partial charge in [0, 0.05) is 13.2 Å². The van der Waals surface area contributed by atoms with Crippen LogP contribution in [0.2, 0.25) is 0 Å². The lowest BCUT2D eigenvalue weighted by Gasteiger charge is -2.08. The molecule has 2 aromatic heterocycles. The number of anilines is 1. The second-order valence-corrected chi connectivity index (χ2v) is 5.33. The van der Waals surface area contributed by atoms with Gasteiger partial charge in [0.25, 0.3) is 0 Å². The molecule has 0 saturated heterocycles. The molecule has 0 aliphatic carbocycles. The molecule has 0 unspecified atom stereocenters. The van der Waals surface area contributed by atoms with Gasteiger partial charge in [0.05, 0.1) is 16.3 Å². The molecule has 5 heteroatoms. The van der Waals surface area contributed by atoms with Crippen LogP contribution in [0.5, 0.6) is 0 Å². The molecule has 0 spiro atoms. The number of unbranched alkanes of at least 4 members (excludes halogenated alkanes) is 1. The molecule has 0 radical (unpaired) electrons. The van der Waals surface area contributed by atoms with Gasteiger partial charge >= 0.3 is 0 Å². The quantitative estimate of drug-likeness (QED) is 0.780. The average molecular weight is 265 g/mol. The maximum atomic E-state index is 5.50. The molecule has 18 heavy (non-hydrogen) atoms. The van der Waals surface area contributed by atoms with Crippen molar-refractivity contribution >= 4 is 27.4 Å². The minimum Gasteiger partial charge on any atom is -0.379 e. The first-order valence-corrected chi connectivity index (χ1v) is 7.19. The van der Waals surface area contributed by atoms with Crippen LogP contribution in [0.1, 0.15) is 26.7 Å². The number of thiophene rings is 1. The summed E-state index contributed by atoms with van der Waals surface area (Å²) in [4.78, 5) is 8.50. The molecule has 98 valence electrons. The number of fused-ring (bicyclic) bond motifs is 1. The summed E-state index contributed by atoms with van der Waals surface area (Å²) < 4.78 is 6.64. The van der Waals surface area contributed by atoms with E-state index >= 15 is 0 Å². The van der Waals surface area contributed by atoms with E-state index < -0.39 is 0 Å². The van der Waals surface area contributed by atoms with Gasteiger partial charge in [-0.15, -0.1) is 11.3 Å². The molecule has 2 heterocycles. The fourth-order valence-corrected chi connectivity index (χ4v) is 2.48. The van der Waals surface area contributed by atoms with Crippen LogP contribution < -0.4 is 5.32 Å². The predicted molar refractivity (Wildman–Crippen MR) is 76.2 cm³/mol. The smallest absolute Gasteiger partial charge is 0.147 e. The summed E-state index contributed by atoms with van der Waals surface area (Å²) in [6, 6.07) is 2.02. The number of ether oxygens (including phenoxy) is 1. The standard InChI is InChI=1S/C13H19N3OS/c1-10(2)17-7-4-3-6-14-13-12-11(5-8-18-12)15-9-16-13/h5,8-10H,3-4,6-7H2,1-2H3,(H,14,15,16).